The van der Waals surface area contributed by atoms with Gasteiger partial charge in [-0.3, -0.25) is 9.52 Å². The molecule has 0 aliphatic rings. The summed E-state index contributed by atoms with van der Waals surface area (Å²) in [6.07, 6.45) is 1.91. The Kier molecular flexibility index (Phi) is 4.70. The number of carbonyl (C=O) groups excluding carboxylic acids is 1. The number of nitrogens with zero attached hydrogens (tertiary/aromatic N) is 1. The maximum Gasteiger partial charge on any atom is 0.263 e. The zero-order chi connectivity index (χ0) is 15.6. The van der Waals surface area contributed by atoms with Gasteiger partial charge in [-0.1, -0.05) is 23.5 Å². The van der Waals surface area contributed by atoms with Crippen molar-refractivity contribution in [3.05, 3.63) is 35.5 Å². The molecular formula is C13H14N2O3S3. The maximum atomic E-state index is 12.3. The van der Waals surface area contributed by atoms with Crippen LogP contribution in [0.2, 0.25) is 0 Å². The lowest BCUT2D eigenvalue weighted by Crippen LogP contribution is -2.13. The summed E-state index contributed by atoms with van der Waals surface area (Å²) in [7, 11) is -3.74. The summed E-state index contributed by atoms with van der Waals surface area (Å²) in [6, 6.07) is 5.94. The maximum absolute atomic E-state index is 12.3. The van der Waals surface area contributed by atoms with Crippen molar-refractivity contribution < 1.29 is 13.2 Å². The lowest BCUT2D eigenvalue weighted by atomic mass is 10.2. The number of benzene rings is 1. The molecule has 0 amide bonds. The molecule has 5 nitrogen and oxygen atoms in total. The van der Waals surface area contributed by atoms with Gasteiger partial charge in [0.1, 0.15) is 0 Å². The first-order valence-electron chi connectivity index (χ1n) is 5.98. The molecule has 1 aromatic heterocycles. The van der Waals surface area contributed by atoms with Gasteiger partial charge in [0.25, 0.3) is 10.0 Å². The van der Waals surface area contributed by atoms with Crippen LogP contribution in [-0.4, -0.2) is 25.4 Å². The Morgan fingerprint density at radius 2 is 2.10 bits per heavy atom. The van der Waals surface area contributed by atoms with Gasteiger partial charge in [-0.25, -0.2) is 13.4 Å². The number of thioether (sulfide) groups is 1. The molecule has 2 rings (SSSR count). The van der Waals surface area contributed by atoms with Crippen molar-refractivity contribution in [2.75, 3.05) is 11.0 Å². The summed E-state index contributed by atoms with van der Waals surface area (Å²) in [6.45, 7) is 3.23. The molecule has 0 atom stereocenters. The molecule has 0 saturated carbocycles. The van der Waals surface area contributed by atoms with Crippen molar-refractivity contribution in [2.45, 2.75) is 23.0 Å². The molecule has 0 fully saturated rings. The Labute approximate surface area is 131 Å². The second kappa shape index (κ2) is 6.17. The van der Waals surface area contributed by atoms with Crippen LogP contribution in [0.3, 0.4) is 0 Å². The summed E-state index contributed by atoms with van der Waals surface area (Å²) in [5, 5.41) is 0.324. The van der Waals surface area contributed by atoms with Crippen molar-refractivity contribution in [3.63, 3.8) is 0 Å². The number of hydrogen-bond acceptors (Lipinski definition) is 6. The largest absolute Gasteiger partial charge is 0.295 e. The average Bonchev–Trinajstić information content (AvgIpc) is 2.78. The fourth-order valence-electron chi connectivity index (χ4n) is 1.67. The van der Waals surface area contributed by atoms with Gasteiger partial charge in [-0.05, 0) is 32.2 Å². The monoisotopic (exact) mass is 342 g/mol. The third-order valence-electron chi connectivity index (χ3n) is 2.71. The van der Waals surface area contributed by atoms with Gasteiger partial charge in [-0.2, -0.15) is 0 Å². The molecule has 2 aromatic rings. The minimum absolute atomic E-state index is 0.0498. The number of anilines is 1. The van der Waals surface area contributed by atoms with Gasteiger partial charge in [0, 0.05) is 5.56 Å². The number of thiazole rings is 1. The fraction of sp³-hybridized carbons (Fsp3) is 0.231. The van der Waals surface area contributed by atoms with E-state index in [1.807, 2.05) is 13.2 Å². The quantitative estimate of drug-likeness (QED) is 0.667. The molecule has 0 radical (unpaired) electrons. The summed E-state index contributed by atoms with van der Waals surface area (Å²) in [5.74, 6) is -0.179. The van der Waals surface area contributed by atoms with E-state index in [1.165, 1.54) is 42.2 Å². The van der Waals surface area contributed by atoms with Crippen molar-refractivity contribution in [2.24, 2.45) is 0 Å². The molecule has 1 aromatic carbocycles. The first kappa shape index (κ1) is 16.0. The van der Waals surface area contributed by atoms with E-state index in [9.17, 15) is 13.2 Å². The molecule has 0 aliphatic carbocycles. The van der Waals surface area contributed by atoms with E-state index in [4.69, 9.17) is 0 Å². The van der Waals surface area contributed by atoms with Crippen LogP contribution < -0.4 is 4.72 Å². The molecule has 0 bridgehead atoms. The van der Waals surface area contributed by atoms with Crippen LogP contribution in [0.15, 0.2) is 33.4 Å². The van der Waals surface area contributed by atoms with Gasteiger partial charge in [0.05, 0.1) is 14.8 Å². The summed E-state index contributed by atoms with van der Waals surface area (Å²) in [4.78, 5) is 15.6. The lowest BCUT2D eigenvalue weighted by Gasteiger charge is -2.06. The van der Waals surface area contributed by atoms with E-state index in [0.717, 1.165) is 9.90 Å². The predicted molar refractivity (Wildman–Crippen MR) is 85.9 cm³/mol. The molecule has 112 valence electrons. The van der Waals surface area contributed by atoms with Gasteiger partial charge in [0.2, 0.25) is 0 Å². The smallest absolute Gasteiger partial charge is 0.263 e. The highest BCUT2D eigenvalue weighted by Crippen LogP contribution is 2.31. The highest BCUT2D eigenvalue weighted by Gasteiger charge is 2.18. The third kappa shape index (κ3) is 3.63. The Morgan fingerprint density at radius 3 is 2.67 bits per heavy atom. The van der Waals surface area contributed by atoms with E-state index in [0.29, 0.717) is 10.7 Å². The number of Topliss-reactive ketones (excluding diaryl/α,β-unsaturated/α-hetero) is 1. The number of rotatable bonds is 5. The Bertz CT molecular complexity index is 782. The van der Waals surface area contributed by atoms with E-state index in [-0.39, 0.29) is 10.7 Å². The molecule has 0 spiro atoms. The van der Waals surface area contributed by atoms with E-state index >= 15 is 0 Å². The molecule has 0 aliphatic heterocycles. The number of sulfonamides is 1. The first-order valence-corrected chi connectivity index (χ1v) is 9.51. The minimum Gasteiger partial charge on any atom is -0.295 e. The van der Waals surface area contributed by atoms with Crippen LogP contribution in [0.1, 0.15) is 23.0 Å². The molecular weight excluding hydrogens is 328 g/mol. The first-order chi connectivity index (χ1) is 9.83. The summed E-state index contributed by atoms with van der Waals surface area (Å²) in [5.41, 5.74) is 1.15. The minimum atomic E-state index is -3.74. The SMILES string of the molecule is CSc1sc(NS(=O)(=O)c2cccc(C(C)=O)c2)nc1C. The van der Waals surface area contributed by atoms with Crippen LogP contribution in [0, 0.1) is 6.92 Å². The number of hydrogen-bond donors (Lipinski definition) is 1. The summed E-state index contributed by atoms with van der Waals surface area (Å²) >= 11 is 2.81. The normalized spacial score (nSPS) is 11.4. The Hall–Kier alpha value is -1.38. The standard InChI is InChI=1S/C13H14N2O3S3/c1-8-12(19-3)20-13(14-8)15-21(17,18)11-6-4-5-10(7-11)9(2)16/h4-7H,1-3H3,(H,14,15). The second-order valence-corrected chi connectivity index (χ2v) is 8.04. The second-order valence-electron chi connectivity index (χ2n) is 4.29. The molecule has 1 N–H and O–H groups in total. The van der Waals surface area contributed by atoms with Crippen LogP contribution >= 0.6 is 23.1 Å². The zero-order valence-corrected chi connectivity index (χ0v) is 14.2. The number of ketones is 1. The molecule has 0 saturated heterocycles. The van der Waals surface area contributed by atoms with Crippen LogP contribution in [0.25, 0.3) is 0 Å². The molecule has 21 heavy (non-hydrogen) atoms. The zero-order valence-electron chi connectivity index (χ0n) is 11.7. The average molecular weight is 342 g/mol. The topological polar surface area (TPSA) is 76.1 Å². The Balaban J connectivity index is 2.33. The lowest BCUT2D eigenvalue weighted by molar-refractivity contribution is 0.101. The molecule has 1 heterocycles. The number of aryl methyl sites for hydroxylation is 1. The van der Waals surface area contributed by atoms with Crippen molar-refractivity contribution in [1.29, 1.82) is 0 Å². The van der Waals surface area contributed by atoms with Gasteiger partial charge in [-0.15, -0.1) is 11.8 Å². The highest BCUT2D eigenvalue weighted by atomic mass is 32.2. The van der Waals surface area contributed by atoms with E-state index < -0.39 is 10.0 Å². The van der Waals surface area contributed by atoms with Crippen molar-refractivity contribution in [3.8, 4) is 0 Å². The third-order valence-corrected chi connectivity index (χ3v) is 6.46. The van der Waals surface area contributed by atoms with Crippen molar-refractivity contribution in [1.82, 2.24) is 4.98 Å². The van der Waals surface area contributed by atoms with E-state index in [2.05, 4.69) is 9.71 Å². The molecule has 0 unspecified atom stereocenters. The highest BCUT2D eigenvalue weighted by molar-refractivity contribution is 8.00. The number of nitrogens with one attached hydrogen (secondary N) is 1. The van der Waals surface area contributed by atoms with Gasteiger partial charge < -0.3 is 0 Å². The van der Waals surface area contributed by atoms with Gasteiger partial charge >= 0.3 is 0 Å². The predicted octanol–water partition coefficient (Wildman–Crippen LogP) is 3.18. The van der Waals surface area contributed by atoms with Crippen LogP contribution in [-0.2, 0) is 10.0 Å². The van der Waals surface area contributed by atoms with Crippen LogP contribution in [0.4, 0.5) is 5.13 Å². The van der Waals surface area contributed by atoms with Crippen LogP contribution in [0.5, 0.6) is 0 Å². The summed E-state index contributed by atoms with van der Waals surface area (Å²) < 4.78 is 28.1. The van der Waals surface area contributed by atoms with E-state index in [1.54, 1.807) is 12.1 Å². The van der Waals surface area contributed by atoms with Crippen molar-refractivity contribution >= 4 is 44.0 Å². The number of carbonyl (C=O) groups is 1. The molecule has 8 heteroatoms. The van der Waals surface area contributed by atoms with Gasteiger partial charge in [0.15, 0.2) is 10.9 Å². The fourth-order valence-corrected chi connectivity index (χ4v) is 4.56. The Morgan fingerprint density at radius 1 is 1.38 bits per heavy atom. The number of aromatic nitrogens is 1.